The number of carbonyl (C=O) groups is 2. The first-order valence-corrected chi connectivity index (χ1v) is 6.31. The first-order chi connectivity index (χ1) is 8.43. The Balaban J connectivity index is 3.03. The zero-order valence-electron chi connectivity index (χ0n) is 8.67. The van der Waals surface area contributed by atoms with E-state index in [4.69, 9.17) is 10.2 Å². The summed E-state index contributed by atoms with van der Waals surface area (Å²) in [4.78, 5) is 29.3. The Morgan fingerprint density at radius 1 is 1.22 bits per heavy atom. The standard InChI is InChI=1S/C9H7Br2NO6/c10-4-5-1-2-7(6(11)3-5)12(17-8(13)14)18-9(15)16/h1-3H,4H2,(H,13,14)(H,15,16). The summed E-state index contributed by atoms with van der Waals surface area (Å²) in [5.41, 5.74) is 1.00. The minimum Gasteiger partial charge on any atom is -0.448 e. The van der Waals surface area contributed by atoms with Crippen LogP contribution in [0.4, 0.5) is 15.3 Å². The second-order valence-corrected chi connectivity index (χ2v) is 4.31. The first-order valence-electron chi connectivity index (χ1n) is 4.40. The molecule has 1 aromatic carbocycles. The normalized spacial score (nSPS) is 9.67. The number of nitrogens with zero attached hydrogens (tertiary/aromatic N) is 1. The number of anilines is 1. The summed E-state index contributed by atoms with van der Waals surface area (Å²) < 4.78 is 0.418. The van der Waals surface area contributed by atoms with Gasteiger partial charge in [-0.15, -0.1) is 0 Å². The highest BCUT2D eigenvalue weighted by atomic mass is 79.9. The van der Waals surface area contributed by atoms with Crippen molar-refractivity contribution >= 4 is 49.9 Å². The van der Waals surface area contributed by atoms with Gasteiger partial charge < -0.3 is 10.2 Å². The van der Waals surface area contributed by atoms with Gasteiger partial charge in [-0.25, -0.2) is 9.59 Å². The van der Waals surface area contributed by atoms with E-state index >= 15 is 0 Å². The van der Waals surface area contributed by atoms with E-state index in [1.165, 1.54) is 6.07 Å². The van der Waals surface area contributed by atoms with Gasteiger partial charge in [-0.1, -0.05) is 22.0 Å². The number of rotatable bonds is 4. The Labute approximate surface area is 118 Å². The molecule has 2 N–H and O–H groups in total. The second kappa shape index (κ2) is 6.45. The number of halogens is 2. The van der Waals surface area contributed by atoms with Crippen molar-refractivity contribution in [3.63, 3.8) is 0 Å². The average molecular weight is 385 g/mol. The highest BCUT2D eigenvalue weighted by Gasteiger charge is 2.20. The fraction of sp³-hybridized carbons (Fsp3) is 0.111. The Bertz CT molecular complexity index is 450. The van der Waals surface area contributed by atoms with Crippen molar-refractivity contribution in [3.05, 3.63) is 28.2 Å². The fourth-order valence-corrected chi connectivity index (χ4v) is 1.96. The number of alkyl halides is 1. The van der Waals surface area contributed by atoms with Crippen molar-refractivity contribution in [2.45, 2.75) is 5.33 Å². The summed E-state index contributed by atoms with van der Waals surface area (Å²) in [6.07, 6.45) is -3.40. The molecule has 0 spiro atoms. The van der Waals surface area contributed by atoms with Crippen LogP contribution in [0, 0.1) is 0 Å². The Hall–Kier alpha value is -1.48. The van der Waals surface area contributed by atoms with Gasteiger partial charge in [0.25, 0.3) is 0 Å². The third-order valence-corrected chi connectivity index (χ3v) is 2.97. The summed E-state index contributed by atoms with van der Waals surface area (Å²) in [5.74, 6) is 0. The van der Waals surface area contributed by atoms with Crippen molar-refractivity contribution < 1.29 is 29.5 Å². The monoisotopic (exact) mass is 383 g/mol. The van der Waals surface area contributed by atoms with E-state index in [2.05, 4.69) is 41.5 Å². The van der Waals surface area contributed by atoms with Gasteiger partial charge in [0.1, 0.15) is 5.69 Å². The van der Waals surface area contributed by atoms with Crippen LogP contribution in [0.1, 0.15) is 5.56 Å². The first kappa shape index (κ1) is 14.6. The van der Waals surface area contributed by atoms with E-state index in [-0.39, 0.29) is 10.9 Å². The molecule has 0 saturated carbocycles. The molecule has 0 aliphatic heterocycles. The molecule has 0 atom stereocenters. The summed E-state index contributed by atoms with van der Waals surface area (Å²) in [5, 5.41) is 17.9. The van der Waals surface area contributed by atoms with Gasteiger partial charge in [-0.3, -0.25) is 9.68 Å². The lowest BCUT2D eigenvalue weighted by Crippen LogP contribution is -2.29. The van der Waals surface area contributed by atoms with Gasteiger partial charge in [0.05, 0.1) is 0 Å². The van der Waals surface area contributed by atoms with Crippen molar-refractivity contribution in [3.8, 4) is 0 Å². The Morgan fingerprint density at radius 3 is 2.17 bits per heavy atom. The maximum absolute atomic E-state index is 10.4. The zero-order chi connectivity index (χ0) is 13.7. The van der Waals surface area contributed by atoms with Gasteiger partial charge in [-0.05, 0) is 38.9 Å². The molecule has 1 rings (SSSR count). The van der Waals surface area contributed by atoms with Crippen LogP contribution < -0.4 is 5.23 Å². The molecule has 1 aromatic rings. The molecule has 0 heterocycles. The summed E-state index contributed by atoms with van der Waals surface area (Å²) in [6.45, 7) is 0. The van der Waals surface area contributed by atoms with Crippen molar-refractivity contribution in [2.75, 3.05) is 5.23 Å². The van der Waals surface area contributed by atoms with E-state index in [1.807, 2.05) is 0 Å². The average Bonchev–Trinajstić information content (AvgIpc) is 2.26. The molecule has 9 heteroatoms. The summed E-state index contributed by atoms with van der Waals surface area (Å²) in [6, 6.07) is 4.76. The predicted molar refractivity (Wildman–Crippen MR) is 67.5 cm³/mol. The third kappa shape index (κ3) is 4.08. The minimum absolute atomic E-state index is 0.101. The van der Waals surface area contributed by atoms with Crippen LogP contribution in [-0.2, 0) is 15.0 Å². The molecule has 0 unspecified atom stereocenters. The van der Waals surface area contributed by atoms with Crippen LogP contribution in [0.25, 0.3) is 0 Å². The maximum Gasteiger partial charge on any atom is 0.533 e. The summed E-state index contributed by atoms with van der Waals surface area (Å²) in [7, 11) is 0. The zero-order valence-corrected chi connectivity index (χ0v) is 11.8. The quantitative estimate of drug-likeness (QED) is 0.606. The lowest BCUT2D eigenvalue weighted by molar-refractivity contribution is -0.0454. The molecule has 0 aliphatic carbocycles. The SMILES string of the molecule is O=C(O)ON(OC(=O)O)c1ccc(CBr)cc1Br. The molecule has 0 fully saturated rings. The van der Waals surface area contributed by atoms with E-state index in [0.717, 1.165) is 5.56 Å². The van der Waals surface area contributed by atoms with Crippen LogP contribution in [0.3, 0.4) is 0 Å². The van der Waals surface area contributed by atoms with Crippen molar-refractivity contribution in [1.82, 2.24) is 0 Å². The van der Waals surface area contributed by atoms with Crippen molar-refractivity contribution in [1.29, 1.82) is 0 Å². The molecule has 0 aromatic heterocycles. The molecule has 0 bridgehead atoms. The van der Waals surface area contributed by atoms with Crippen LogP contribution in [0.15, 0.2) is 22.7 Å². The van der Waals surface area contributed by atoms with E-state index < -0.39 is 12.3 Å². The summed E-state index contributed by atoms with van der Waals surface area (Å²) >= 11 is 6.41. The lowest BCUT2D eigenvalue weighted by atomic mass is 10.2. The van der Waals surface area contributed by atoms with Crippen LogP contribution in [0.5, 0.6) is 0 Å². The number of hydrogen-bond acceptors (Lipinski definition) is 5. The Morgan fingerprint density at radius 2 is 1.78 bits per heavy atom. The molecular weight excluding hydrogens is 378 g/mol. The van der Waals surface area contributed by atoms with E-state index in [0.29, 0.717) is 9.80 Å². The largest absolute Gasteiger partial charge is 0.533 e. The smallest absolute Gasteiger partial charge is 0.448 e. The number of carboxylic acid groups (broad SMARTS) is 2. The van der Waals surface area contributed by atoms with Crippen LogP contribution in [-0.4, -0.2) is 22.5 Å². The number of benzene rings is 1. The number of hydrogen-bond donors (Lipinski definition) is 2. The lowest BCUT2D eigenvalue weighted by Gasteiger charge is -2.18. The Kier molecular flexibility index (Phi) is 5.23. The van der Waals surface area contributed by atoms with Gasteiger partial charge in [0.2, 0.25) is 0 Å². The molecule has 0 saturated heterocycles. The van der Waals surface area contributed by atoms with E-state index in [1.54, 1.807) is 12.1 Å². The van der Waals surface area contributed by atoms with E-state index in [9.17, 15) is 9.59 Å². The molecule has 98 valence electrons. The second-order valence-electron chi connectivity index (χ2n) is 2.89. The predicted octanol–water partition coefficient (Wildman–Crippen LogP) is 3.37. The van der Waals surface area contributed by atoms with Crippen LogP contribution >= 0.6 is 31.9 Å². The third-order valence-electron chi connectivity index (χ3n) is 1.69. The molecule has 0 radical (unpaired) electrons. The molecule has 0 aliphatic rings. The molecule has 0 amide bonds. The highest BCUT2D eigenvalue weighted by Crippen LogP contribution is 2.28. The van der Waals surface area contributed by atoms with Gasteiger partial charge in [-0.2, -0.15) is 0 Å². The fourth-order valence-electron chi connectivity index (χ4n) is 1.04. The van der Waals surface area contributed by atoms with Crippen molar-refractivity contribution in [2.24, 2.45) is 0 Å². The van der Waals surface area contributed by atoms with Gasteiger partial charge >= 0.3 is 12.3 Å². The van der Waals surface area contributed by atoms with Gasteiger partial charge in [0.15, 0.2) is 0 Å². The topological polar surface area (TPSA) is 96.3 Å². The van der Waals surface area contributed by atoms with Crippen LogP contribution in [0.2, 0.25) is 0 Å². The molecular formula is C9H7Br2NO6. The molecule has 7 nitrogen and oxygen atoms in total. The minimum atomic E-state index is -1.70. The maximum atomic E-state index is 10.4. The highest BCUT2D eigenvalue weighted by molar-refractivity contribution is 9.10. The van der Waals surface area contributed by atoms with Gasteiger partial charge in [0, 0.05) is 9.80 Å². The molecule has 18 heavy (non-hydrogen) atoms.